The van der Waals surface area contributed by atoms with E-state index in [0.29, 0.717) is 0 Å². The Bertz CT molecular complexity index is 3000. The highest BCUT2D eigenvalue weighted by Crippen LogP contribution is 2.50. The predicted molar refractivity (Wildman–Crippen MR) is 259 cm³/mol. The van der Waals surface area contributed by atoms with Gasteiger partial charge in [-0.15, -0.1) is 0 Å². The summed E-state index contributed by atoms with van der Waals surface area (Å²) in [6.45, 7) is 13.3. The van der Waals surface area contributed by atoms with Crippen LogP contribution in [0.3, 0.4) is 0 Å². The molecule has 0 aliphatic heterocycles. The first-order valence-corrected chi connectivity index (χ1v) is 21.0. The Morgan fingerprint density at radius 1 is 0.267 bits per heavy atom. The smallest absolute Gasteiger partial charge is 0.0540 e. The van der Waals surface area contributed by atoms with E-state index in [1.807, 2.05) is 0 Å². The van der Waals surface area contributed by atoms with Crippen molar-refractivity contribution in [2.75, 3.05) is 9.80 Å². The van der Waals surface area contributed by atoms with Gasteiger partial charge in [-0.05, 0) is 155 Å². The highest BCUT2D eigenvalue weighted by Gasteiger charge is 2.25. The predicted octanol–water partition coefficient (Wildman–Crippen LogP) is 16.7. The third-order valence-corrected chi connectivity index (χ3v) is 12.4. The van der Waals surface area contributed by atoms with Gasteiger partial charge in [-0.2, -0.15) is 0 Å². The molecular weight excluding hydrogens is 725 g/mol. The average Bonchev–Trinajstić information content (AvgIpc) is 3.27. The van der Waals surface area contributed by atoms with E-state index in [4.69, 9.17) is 0 Å². The SMILES string of the molecule is Cc1ccc(C)c(N(c2cc(-c3ccccc3)ccc2C)c2ccc3ccc4c(N(c5cc(C)ccc5C)c5cc(-c6ccccc6)ccc5C)ccc5ccc2c3c54)c1. The van der Waals surface area contributed by atoms with Gasteiger partial charge >= 0.3 is 0 Å². The maximum Gasteiger partial charge on any atom is 0.0540 e. The number of nitrogens with zero attached hydrogens (tertiary/aromatic N) is 2. The second-order valence-corrected chi connectivity index (χ2v) is 16.6. The lowest BCUT2D eigenvalue weighted by Crippen LogP contribution is -2.14. The molecule has 0 unspecified atom stereocenters. The number of anilines is 6. The van der Waals surface area contributed by atoms with Crippen LogP contribution in [0, 0.1) is 41.5 Å². The maximum absolute atomic E-state index is 2.51. The molecule has 2 heteroatoms. The monoisotopic (exact) mass is 772 g/mol. The Morgan fingerprint density at radius 2 is 0.617 bits per heavy atom. The summed E-state index contributed by atoms with van der Waals surface area (Å²) in [6.07, 6.45) is 0. The molecule has 60 heavy (non-hydrogen) atoms. The van der Waals surface area contributed by atoms with Gasteiger partial charge in [-0.1, -0.05) is 146 Å². The summed E-state index contributed by atoms with van der Waals surface area (Å²) < 4.78 is 0. The largest absolute Gasteiger partial charge is 0.309 e. The van der Waals surface area contributed by atoms with Crippen molar-refractivity contribution in [3.05, 3.63) is 215 Å². The van der Waals surface area contributed by atoms with Crippen LogP contribution >= 0.6 is 0 Å². The van der Waals surface area contributed by atoms with Gasteiger partial charge in [-0.25, -0.2) is 0 Å². The van der Waals surface area contributed by atoms with E-state index in [1.165, 1.54) is 122 Å². The maximum atomic E-state index is 2.51. The molecule has 0 aliphatic rings. The molecule has 10 rings (SSSR count). The summed E-state index contributed by atoms with van der Waals surface area (Å²) in [6, 6.07) is 67.5. The first-order chi connectivity index (χ1) is 29.2. The molecular formula is C58H48N2. The highest BCUT2D eigenvalue weighted by molar-refractivity contribution is 6.28. The molecule has 0 heterocycles. The molecule has 0 N–H and O–H groups in total. The van der Waals surface area contributed by atoms with Crippen molar-refractivity contribution in [2.45, 2.75) is 41.5 Å². The van der Waals surface area contributed by atoms with E-state index in [-0.39, 0.29) is 0 Å². The third-order valence-electron chi connectivity index (χ3n) is 12.4. The van der Waals surface area contributed by atoms with E-state index >= 15 is 0 Å². The van der Waals surface area contributed by atoms with E-state index in [2.05, 4.69) is 233 Å². The van der Waals surface area contributed by atoms with Crippen LogP contribution in [0.1, 0.15) is 33.4 Å². The molecule has 0 radical (unpaired) electrons. The molecule has 0 saturated heterocycles. The van der Waals surface area contributed by atoms with Crippen molar-refractivity contribution in [1.29, 1.82) is 0 Å². The molecule has 0 aromatic heterocycles. The van der Waals surface area contributed by atoms with Crippen molar-refractivity contribution in [1.82, 2.24) is 0 Å². The molecule has 0 bridgehead atoms. The Hall–Kier alpha value is -7.16. The second-order valence-electron chi connectivity index (χ2n) is 16.6. The second kappa shape index (κ2) is 14.9. The summed E-state index contributed by atoms with van der Waals surface area (Å²) in [7, 11) is 0. The van der Waals surface area contributed by atoms with E-state index in [9.17, 15) is 0 Å². The summed E-state index contributed by atoms with van der Waals surface area (Å²) in [5.41, 5.74) is 19.3. The van der Waals surface area contributed by atoms with E-state index < -0.39 is 0 Å². The molecule has 0 spiro atoms. The van der Waals surface area contributed by atoms with Crippen LogP contribution < -0.4 is 9.80 Å². The van der Waals surface area contributed by atoms with Crippen molar-refractivity contribution in [2.24, 2.45) is 0 Å². The molecule has 10 aromatic rings. The molecule has 290 valence electrons. The van der Waals surface area contributed by atoms with Crippen LogP contribution in [-0.2, 0) is 0 Å². The fourth-order valence-corrected chi connectivity index (χ4v) is 9.18. The van der Waals surface area contributed by atoms with Crippen molar-refractivity contribution in [3.8, 4) is 22.3 Å². The lowest BCUT2D eigenvalue weighted by Gasteiger charge is -2.32. The van der Waals surface area contributed by atoms with Crippen LogP contribution in [0.5, 0.6) is 0 Å². The summed E-state index contributed by atoms with van der Waals surface area (Å²) >= 11 is 0. The van der Waals surface area contributed by atoms with Crippen molar-refractivity contribution in [3.63, 3.8) is 0 Å². The Kier molecular flexibility index (Phi) is 9.22. The van der Waals surface area contributed by atoms with Gasteiger partial charge in [0.25, 0.3) is 0 Å². The first kappa shape index (κ1) is 37.1. The van der Waals surface area contributed by atoms with Gasteiger partial charge in [0.15, 0.2) is 0 Å². The molecule has 0 amide bonds. The molecule has 0 aliphatic carbocycles. The molecule has 0 saturated carbocycles. The van der Waals surface area contributed by atoms with Gasteiger partial charge in [0.2, 0.25) is 0 Å². The number of aryl methyl sites for hydroxylation is 6. The van der Waals surface area contributed by atoms with Crippen LogP contribution in [0.4, 0.5) is 34.1 Å². The zero-order valence-electron chi connectivity index (χ0n) is 35.2. The van der Waals surface area contributed by atoms with Gasteiger partial charge in [0, 0.05) is 33.5 Å². The first-order valence-electron chi connectivity index (χ1n) is 21.0. The van der Waals surface area contributed by atoms with Crippen LogP contribution in [0.25, 0.3) is 54.6 Å². The number of benzene rings is 10. The fourth-order valence-electron chi connectivity index (χ4n) is 9.18. The number of rotatable bonds is 8. The standard InChI is InChI=1S/C58H48N2/c1-37-17-19-39(3)53(33-37)59(55-35-47(23-21-41(55)5)43-13-9-7-10-14-43)51-31-27-45-26-30-50-52(32-28-46-25-29-49(51)57(45)58(46)50)60(54-34-38(2)18-20-40(54)4)56-36-48(24-22-42(56)6)44-15-11-8-12-16-44/h7-36H,1-6H3. The van der Waals surface area contributed by atoms with Gasteiger partial charge < -0.3 is 9.80 Å². The average molecular weight is 773 g/mol. The van der Waals surface area contributed by atoms with E-state index in [1.54, 1.807) is 0 Å². The van der Waals surface area contributed by atoms with Crippen LogP contribution in [0.15, 0.2) is 182 Å². The summed E-state index contributed by atoms with van der Waals surface area (Å²) in [5.74, 6) is 0. The fraction of sp³-hybridized carbons (Fsp3) is 0.103. The third kappa shape index (κ3) is 6.37. The highest BCUT2D eigenvalue weighted by atomic mass is 15.2. The minimum atomic E-state index is 1.17. The van der Waals surface area contributed by atoms with Gasteiger partial charge in [0.1, 0.15) is 0 Å². The molecule has 0 atom stereocenters. The molecule has 2 nitrogen and oxygen atoms in total. The quantitative estimate of drug-likeness (QED) is 0.142. The van der Waals surface area contributed by atoms with E-state index in [0.717, 1.165) is 0 Å². The van der Waals surface area contributed by atoms with Crippen LogP contribution in [0.2, 0.25) is 0 Å². The Balaban J connectivity index is 1.25. The van der Waals surface area contributed by atoms with Crippen molar-refractivity contribution < 1.29 is 0 Å². The number of hydrogen-bond acceptors (Lipinski definition) is 2. The molecule has 0 fully saturated rings. The summed E-state index contributed by atoms with van der Waals surface area (Å²) in [4.78, 5) is 5.02. The van der Waals surface area contributed by atoms with Gasteiger partial charge in [-0.3, -0.25) is 0 Å². The lowest BCUT2D eigenvalue weighted by molar-refractivity contribution is 1.22. The Morgan fingerprint density at radius 3 is 1.02 bits per heavy atom. The zero-order valence-corrected chi connectivity index (χ0v) is 35.2. The lowest BCUT2D eigenvalue weighted by atomic mass is 9.91. The van der Waals surface area contributed by atoms with Crippen LogP contribution in [-0.4, -0.2) is 0 Å². The van der Waals surface area contributed by atoms with Crippen molar-refractivity contribution >= 4 is 66.4 Å². The summed E-state index contributed by atoms with van der Waals surface area (Å²) in [5, 5.41) is 7.50. The number of hydrogen-bond donors (Lipinski definition) is 0. The normalized spacial score (nSPS) is 11.5. The molecule has 10 aromatic carbocycles. The zero-order chi connectivity index (χ0) is 41.1. The Labute approximate surface area is 354 Å². The minimum absolute atomic E-state index is 1.17. The minimum Gasteiger partial charge on any atom is -0.309 e. The topological polar surface area (TPSA) is 6.48 Å². The van der Waals surface area contributed by atoms with Gasteiger partial charge in [0.05, 0.1) is 11.4 Å².